The van der Waals surface area contributed by atoms with Gasteiger partial charge in [-0.05, 0) is 47.0 Å². The van der Waals surface area contributed by atoms with Crippen LogP contribution in [0, 0.1) is 6.92 Å². The number of rotatable bonds is 3. The summed E-state index contributed by atoms with van der Waals surface area (Å²) in [7, 11) is 0. The molecule has 0 saturated carbocycles. The van der Waals surface area contributed by atoms with Gasteiger partial charge in [0.05, 0.1) is 5.69 Å². The molecule has 0 aliphatic carbocycles. The van der Waals surface area contributed by atoms with Gasteiger partial charge in [-0.15, -0.1) is 0 Å². The molecule has 0 aliphatic heterocycles. The number of thiophene rings is 1. The van der Waals surface area contributed by atoms with E-state index in [0.29, 0.717) is 12.3 Å². The Morgan fingerprint density at radius 3 is 2.88 bits per heavy atom. The molecule has 0 amide bonds. The molecule has 0 radical (unpaired) electrons. The van der Waals surface area contributed by atoms with Crippen molar-refractivity contribution in [2.24, 2.45) is 0 Å². The van der Waals surface area contributed by atoms with E-state index in [4.69, 9.17) is 10.5 Å². The maximum absolute atomic E-state index is 5.91. The van der Waals surface area contributed by atoms with Gasteiger partial charge in [-0.25, -0.2) is 0 Å². The first kappa shape index (κ1) is 11.5. The fourth-order valence-electron chi connectivity index (χ4n) is 1.48. The smallest absolute Gasteiger partial charge is 0.145 e. The zero-order chi connectivity index (χ0) is 11.5. The number of benzene rings is 1. The van der Waals surface area contributed by atoms with Crippen LogP contribution in [0.1, 0.15) is 11.1 Å². The van der Waals surface area contributed by atoms with Crippen molar-refractivity contribution in [2.75, 3.05) is 5.73 Å². The van der Waals surface area contributed by atoms with Gasteiger partial charge in [-0.3, -0.25) is 0 Å². The van der Waals surface area contributed by atoms with Crippen molar-refractivity contribution in [2.45, 2.75) is 13.5 Å². The largest absolute Gasteiger partial charge is 0.486 e. The standard InChI is InChI=1S/C12H12BrNOS/c1-8-4-10(13)5-11(14)12(8)15-6-9-2-3-16-7-9/h2-5,7H,6,14H2,1H3. The summed E-state index contributed by atoms with van der Waals surface area (Å²) in [5.74, 6) is 0.773. The SMILES string of the molecule is Cc1cc(Br)cc(N)c1OCc1ccsc1. The molecule has 0 fully saturated rings. The van der Waals surface area contributed by atoms with E-state index in [2.05, 4.69) is 27.4 Å². The molecule has 2 N–H and O–H groups in total. The zero-order valence-corrected chi connectivity index (χ0v) is 11.3. The second-order valence-electron chi connectivity index (χ2n) is 3.56. The maximum atomic E-state index is 5.91. The summed E-state index contributed by atoms with van der Waals surface area (Å²) in [6.07, 6.45) is 0. The quantitative estimate of drug-likeness (QED) is 0.870. The van der Waals surface area contributed by atoms with Crippen LogP contribution >= 0.6 is 27.3 Å². The average Bonchev–Trinajstić information content (AvgIpc) is 2.68. The molecule has 0 bridgehead atoms. The van der Waals surface area contributed by atoms with Crippen molar-refractivity contribution in [1.29, 1.82) is 0 Å². The van der Waals surface area contributed by atoms with Gasteiger partial charge in [0.15, 0.2) is 0 Å². The van der Waals surface area contributed by atoms with Gasteiger partial charge < -0.3 is 10.5 Å². The fourth-order valence-corrected chi connectivity index (χ4v) is 2.73. The van der Waals surface area contributed by atoms with Crippen LogP contribution in [-0.4, -0.2) is 0 Å². The first-order valence-corrected chi connectivity index (χ1v) is 6.60. The second kappa shape index (κ2) is 4.89. The predicted molar refractivity (Wildman–Crippen MR) is 71.9 cm³/mol. The van der Waals surface area contributed by atoms with Crippen LogP contribution in [0.15, 0.2) is 33.4 Å². The highest BCUT2D eigenvalue weighted by atomic mass is 79.9. The van der Waals surface area contributed by atoms with Crippen LogP contribution in [-0.2, 0) is 6.61 Å². The Labute approximate surface area is 107 Å². The Hall–Kier alpha value is -1.000. The van der Waals surface area contributed by atoms with Crippen molar-refractivity contribution >= 4 is 33.0 Å². The molecule has 2 nitrogen and oxygen atoms in total. The first-order chi connectivity index (χ1) is 7.66. The summed E-state index contributed by atoms with van der Waals surface area (Å²) in [4.78, 5) is 0. The summed E-state index contributed by atoms with van der Waals surface area (Å²) >= 11 is 5.07. The molecule has 0 atom stereocenters. The number of hydrogen-bond acceptors (Lipinski definition) is 3. The molecule has 0 aliphatic rings. The summed E-state index contributed by atoms with van der Waals surface area (Å²) in [6.45, 7) is 2.56. The number of aryl methyl sites for hydroxylation is 1. The third-order valence-corrected chi connectivity index (χ3v) is 3.42. The van der Waals surface area contributed by atoms with E-state index in [1.165, 1.54) is 5.56 Å². The van der Waals surface area contributed by atoms with Gasteiger partial charge in [0.1, 0.15) is 12.4 Å². The average molecular weight is 298 g/mol. The number of nitrogens with two attached hydrogens (primary N) is 1. The molecular formula is C12H12BrNOS. The Morgan fingerprint density at radius 1 is 1.44 bits per heavy atom. The van der Waals surface area contributed by atoms with E-state index < -0.39 is 0 Å². The van der Waals surface area contributed by atoms with E-state index in [1.54, 1.807) is 11.3 Å². The maximum Gasteiger partial charge on any atom is 0.145 e. The van der Waals surface area contributed by atoms with Crippen LogP contribution in [0.2, 0.25) is 0 Å². The highest BCUT2D eigenvalue weighted by Crippen LogP contribution is 2.30. The minimum Gasteiger partial charge on any atom is -0.486 e. The van der Waals surface area contributed by atoms with Gasteiger partial charge in [-0.1, -0.05) is 15.9 Å². The van der Waals surface area contributed by atoms with Crippen LogP contribution in [0.3, 0.4) is 0 Å². The number of ether oxygens (including phenoxy) is 1. The molecule has 2 aromatic rings. The van der Waals surface area contributed by atoms with Crippen LogP contribution in [0.4, 0.5) is 5.69 Å². The molecule has 0 saturated heterocycles. The number of halogens is 1. The van der Waals surface area contributed by atoms with E-state index in [9.17, 15) is 0 Å². The lowest BCUT2D eigenvalue weighted by molar-refractivity contribution is 0.306. The minimum absolute atomic E-state index is 0.566. The molecule has 84 valence electrons. The topological polar surface area (TPSA) is 35.2 Å². The Balaban J connectivity index is 2.15. The summed E-state index contributed by atoms with van der Waals surface area (Å²) in [6, 6.07) is 5.91. The van der Waals surface area contributed by atoms with Crippen LogP contribution in [0.25, 0.3) is 0 Å². The summed E-state index contributed by atoms with van der Waals surface area (Å²) in [5.41, 5.74) is 8.79. The monoisotopic (exact) mass is 297 g/mol. The zero-order valence-electron chi connectivity index (χ0n) is 8.87. The highest BCUT2D eigenvalue weighted by molar-refractivity contribution is 9.10. The lowest BCUT2D eigenvalue weighted by Gasteiger charge is -2.11. The summed E-state index contributed by atoms with van der Waals surface area (Å²) < 4.78 is 6.70. The number of nitrogen functional groups attached to an aromatic ring is 1. The first-order valence-electron chi connectivity index (χ1n) is 4.86. The van der Waals surface area contributed by atoms with Gasteiger partial charge in [0.25, 0.3) is 0 Å². The molecule has 16 heavy (non-hydrogen) atoms. The molecule has 1 heterocycles. The lowest BCUT2D eigenvalue weighted by atomic mass is 10.2. The Kier molecular flexibility index (Phi) is 3.51. The molecule has 0 unspecified atom stereocenters. The van der Waals surface area contributed by atoms with Crippen molar-refractivity contribution in [3.63, 3.8) is 0 Å². The lowest BCUT2D eigenvalue weighted by Crippen LogP contribution is -1.99. The molecule has 4 heteroatoms. The fraction of sp³-hybridized carbons (Fsp3) is 0.167. The van der Waals surface area contributed by atoms with Crippen molar-refractivity contribution < 1.29 is 4.74 Å². The third-order valence-electron chi connectivity index (χ3n) is 2.23. The number of hydrogen-bond donors (Lipinski definition) is 1. The minimum atomic E-state index is 0.566. The molecule has 2 rings (SSSR count). The molecule has 1 aromatic carbocycles. The van der Waals surface area contributed by atoms with E-state index in [-0.39, 0.29) is 0 Å². The second-order valence-corrected chi connectivity index (χ2v) is 5.26. The van der Waals surface area contributed by atoms with Gasteiger partial charge in [-0.2, -0.15) is 11.3 Å². The van der Waals surface area contributed by atoms with E-state index in [0.717, 1.165) is 15.8 Å². The van der Waals surface area contributed by atoms with E-state index >= 15 is 0 Å². The number of anilines is 1. The third kappa shape index (κ3) is 2.57. The Morgan fingerprint density at radius 2 is 2.25 bits per heavy atom. The van der Waals surface area contributed by atoms with Crippen LogP contribution in [0.5, 0.6) is 5.75 Å². The molecule has 1 aromatic heterocycles. The van der Waals surface area contributed by atoms with Crippen molar-refractivity contribution in [3.05, 3.63) is 44.6 Å². The normalized spacial score (nSPS) is 10.4. The van der Waals surface area contributed by atoms with Gasteiger partial charge in [0.2, 0.25) is 0 Å². The predicted octanol–water partition coefficient (Wildman–Crippen LogP) is 3.98. The van der Waals surface area contributed by atoms with Crippen molar-refractivity contribution in [1.82, 2.24) is 0 Å². The van der Waals surface area contributed by atoms with E-state index in [1.807, 2.05) is 24.4 Å². The summed E-state index contributed by atoms with van der Waals surface area (Å²) in [5, 5.41) is 4.11. The molecule has 0 spiro atoms. The van der Waals surface area contributed by atoms with Gasteiger partial charge >= 0.3 is 0 Å². The highest BCUT2D eigenvalue weighted by Gasteiger charge is 2.06. The van der Waals surface area contributed by atoms with Crippen LogP contribution < -0.4 is 10.5 Å². The van der Waals surface area contributed by atoms with Crippen molar-refractivity contribution in [3.8, 4) is 5.75 Å². The van der Waals surface area contributed by atoms with Gasteiger partial charge in [0, 0.05) is 4.47 Å². The molecular weight excluding hydrogens is 286 g/mol. The Bertz CT molecular complexity index is 459.